The minimum absolute atomic E-state index is 0.0525. The third-order valence-electron chi connectivity index (χ3n) is 12.3. The van der Waals surface area contributed by atoms with Crippen LogP contribution in [0.15, 0.2) is 120 Å². The first-order valence-electron chi connectivity index (χ1n) is 23.1. The molecule has 5 aromatic rings. The molecule has 0 radical (unpaired) electrons. The van der Waals surface area contributed by atoms with Crippen molar-refractivity contribution in [2.45, 2.75) is 70.3 Å². The lowest BCUT2D eigenvalue weighted by Crippen LogP contribution is -2.76. The van der Waals surface area contributed by atoms with Crippen molar-refractivity contribution in [3.63, 3.8) is 0 Å². The van der Waals surface area contributed by atoms with Crippen LogP contribution >= 0.6 is 11.3 Å². The van der Waals surface area contributed by atoms with Crippen LogP contribution in [0.2, 0.25) is 0 Å². The predicted molar refractivity (Wildman–Crippen MR) is 266 cm³/mol. The Balaban J connectivity index is 0.958. The molecule has 0 bridgehead atoms. The molecular formula is C50H57N9O10S2. The molecule has 3 amide bonds. The van der Waals surface area contributed by atoms with E-state index in [1.807, 2.05) is 140 Å². The first-order valence-corrected chi connectivity index (χ1v) is 25.3. The molecular weight excluding hydrogens is 951 g/mol. The van der Waals surface area contributed by atoms with Crippen LogP contribution in [0.4, 0.5) is 9.93 Å². The summed E-state index contributed by atoms with van der Waals surface area (Å²) in [6.45, 7) is 11.6. The second kappa shape index (κ2) is 20.7. The minimum Gasteiger partial charge on any atom is -0.490 e. The number of rotatable bonds is 15. The maximum Gasteiger partial charge on any atom is 0.418 e. The number of amides is 3. The highest BCUT2D eigenvalue weighted by atomic mass is 32.3. The number of benzene rings is 4. The van der Waals surface area contributed by atoms with Crippen molar-refractivity contribution in [1.82, 2.24) is 30.1 Å². The molecule has 2 fully saturated rings. The van der Waals surface area contributed by atoms with Crippen molar-refractivity contribution in [1.29, 1.82) is 5.41 Å². The Labute approximate surface area is 416 Å². The molecule has 0 spiro atoms. The van der Waals surface area contributed by atoms with E-state index in [0.717, 1.165) is 27.8 Å². The summed E-state index contributed by atoms with van der Waals surface area (Å²) in [6.07, 6.45) is 0.354. The van der Waals surface area contributed by atoms with Gasteiger partial charge in [0.1, 0.15) is 35.2 Å². The van der Waals surface area contributed by atoms with E-state index in [9.17, 15) is 27.4 Å². The number of guanidine groups is 1. The number of nitrogens with zero attached hydrogens (tertiary/aromatic N) is 6. The number of β-lactam (4-membered cyclic amide) rings is 1. The van der Waals surface area contributed by atoms with Gasteiger partial charge < -0.3 is 39.6 Å². The molecule has 0 unspecified atom stereocenters. The number of anilines is 1. The molecule has 0 aliphatic carbocycles. The lowest BCUT2D eigenvalue weighted by molar-refractivity contribution is -0.218. The van der Waals surface area contributed by atoms with Crippen molar-refractivity contribution >= 4 is 56.4 Å². The zero-order valence-electron chi connectivity index (χ0n) is 40.0. The molecule has 21 heteroatoms. The lowest BCUT2D eigenvalue weighted by atomic mass is 9.77. The topological polar surface area (TPSA) is 229 Å². The second-order valence-electron chi connectivity index (χ2n) is 18.7. The number of carbonyl (C=O) groups is 3. The van der Waals surface area contributed by atoms with Gasteiger partial charge in [-0.3, -0.25) is 19.6 Å². The highest BCUT2D eigenvalue weighted by Crippen LogP contribution is 2.41. The van der Waals surface area contributed by atoms with Gasteiger partial charge in [-0.2, -0.15) is 13.5 Å². The van der Waals surface area contributed by atoms with Crippen molar-refractivity contribution in [2.75, 3.05) is 51.3 Å². The summed E-state index contributed by atoms with van der Waals surface area (Å²) in [5, 5.41) is 22.0. The van der Waals surface area contributed by atoms with Gasteiger partial charge in [0.15, 0.2) is 23.4 Å². The van der Waals surface area contributed by atoms with Gasteiger partial charge in [-0.15, -0.1) is 15.6 Å². The third kappa shape index (κ3) is 11.4. The van der Waals surface area contributed by atoms with Crippen molar-refractivity contribution in [3.8, 4) is 5.75 Å². The molecule has 8 rings (SSSR count). The number of nitrogens with one attached hydrogen (secondary N) is 3. The number of ether oxygens (including phenoxy) is 2. The normalized spacial score (nSPS) is 17.2. The van der Waals surface area contributed by atoms with E-state index in [-0.39, 0.29) is 30.7 Å². The number of hydrogen-bond acceptors (Lipinski definition) is 14. The van der Waals surface area contributed by atoms with E-state index in [2.05, 4.69) is 20.1 Å². The lowest BCUT2D eigenvalue weighted by Gasteiger charge is -2.50. The summed E-state index contributed by atoms with van der Waals surface area (Å²) in [7, 11) is -5.03. The number of hydroxylamine groups is 2. The van der Waals surface area contributed by atoms with Crippen LogP contribution in [0.5, 0.6) is 5.75 Å². The summed E-state index contributed by atoms with van der Waals surface area (Å²) < 4.78 is 48.3. The summed E-state index contributed by atoms with van der Waals surface area (Å²) in [5.74, 6) is -0.736. The Morgan fingerprint density at radius 2 is 1.44 bits per heavy atom. The molecule has 4 heterocycles. The van der Waals surface area contributed by atoms with Gasteiger partial charge >= 0.3 is 16.5 Å². The molecule has 3 aliphatic heterocycles. The standard InChI is InChI=1S/C50H57N9O10S2/c1-48(2,3)68-47(62)57-27-25-56(26-28-57)45(51)58-24-23-34-31-39(22-21-35(34)32-58)66-29-30-67-55-41(43(60)53-42-44(61)59(49(42,4)5)69-71(63,64)65)40-33-70-46(52-40)54-50(36-15-9-6-10-16-36,37-17-11-7-12-18-37)38-19-13-8-14-20-38/h6-22,31,33,42,51H,23-30,32H2,1-5H3,(H,52,54)(H,53,60)(H,63,64,65)/b51-45?,55-41-/t42-/m1/s1. The number of aromatic nitrogens is 1. The molecule has 71 heavy (non-hydrogen) atoms. The van der Waals surface area contributed by atoms with E-state index in [4.69, 9.17) is 24.7 Å². The fourth-order valence-electron chi connectivity index (χ4n) is 8.74. The molecule has 4 N–H and O–H groups in total. The Morgan fingerprint density at radius 1 is 0.845 bits per heavy atom. The number of oxime groups is 1. The molecule has 3 aliphatic rings. The Bertz CT molecular complexity index is 2770. The molecule has 1 aromatic heterocycles. The summed E-state index contributed by atoms with van der Waals surface area (Å²) >= 11 is 1.23. The SMILES string of the molecule is CC(C)(C)OC(=O)N1CCN(C(=N)N2CCc3cc(OCCO/N=C(\C(=O)N[C@@H]4C(=O)N(OS(=O)(=O)O)C4(C)C)c4csc(NC(c5ccccc5)(c5ccccc5)c5ccccc5)n4)ccc3C2)CC1. The molecule has 4 aromatic carbocycles. The van der Waals surface area contributed by atoms with Gasteiger partial charge in [0, 0.05) is 44.6 Å². The van der Waals surface area contributed by atoms with Crippen LogP contribution in [0.1, 0.15) is 68.1 Å². The highest BCUT2D eigenvalue weighted by molar-refractivity contribution is 7.80. The number of carbonyl (C=O) groups excluding carboxylic acids is 3. The smallest absolute Gasteiger partial charge is 0.418 e. The Hall–Kier alpha value is -7.07. The molecule has 19 nitrogen and oxygen atoms in total. The fourth-order valence-corrected chi connectivity index (χ4v) is 9.94. The Kier molecular flexibility index (Phi) is 14.7. The van der Waals surface area contributed by atoms with Crippen LogP contribution in [0, 0.1) is 5.41 Å². The largest absolute Gasteiger partial charge is 0.490 e. The molecule has 0 saturated carbocycles. The predicted octanol–water partition coefficient (Wildman–Crippen LogP) is 6.03. The number of fused-ring (bicyclic) bond motifs is 1. The van der Waals surface area contributed by atoms with Crippen LogP contribution in [0.3, 0.4) is 0 Å². The monoisotopic (exact) mass is 1010 g/mol. The Morgan fingerprint density at radius 3 is 2.00 bits per heavy atom. The maximum atomic E-state index is 14.2. The average Bonchev–Trinajstić information content (AvgIpc) is 3.82. The van der Waals surface area contributed by atoms with Gasteiger partial charge in [-0.1, -0.05) is 102 Å². The highest BCUT2D eigenvalue weighted by Gasteiger charge is 2.58. The van der Waals surface area contributed by atoms with Crippen molar-refractivity contribution in [2.24, 2.45) is 5.16 Å². The first-order chi connectivity index (χ1) is 33.8. The third-order valence-corrected chi connectivity index (χ3v) is 13.4. The van der Waals surface area contributed by atoms with E-state index >= 15 is 0 Å². The van der Waals surface area contributed by atoms with E-state index in [0.29, 0.717) is 67.6 Å². The van der Waals surface area contributed by atoms with E-state index in [1.54, 1.807) is 10.3 Å². The summed E-state index contributed by atoms with van der Waals surface area (Å²) in [6, 6.07) is 34.3. The molecule has 2 saturated heterocycles. The molecule has 374 valence electrons. The summed E-state index contributed by atoms with van der Waals surface area (Å²) in [4.78, 5) is 56.1. The van der Waals surface area contributed by atoms with Crippen LogP contribution in [0.25, 0.3) is 0 Å². The van der Waals surface area contributed by atoms with Gasteiger partial charge in [0.2, 0.25) is 0 Å². The van der Waals surface area contributed by atoms with Gasteiger partial charge in [0.05, 0.1) is 5.54 Å². The minimum atomic E-state index is -5.03. The van der Waals surface area contributed by atoms with Crippen LogP contribution in [-0.4, -0.2) is 130 Å². The number of piperazine rings is 1. The van der Waals surface area contributed by atoms with Gasteiger partial charge in [-0.25, -0.2) is 9.78 Å². The van der Waals surface area contributed by atoms with Crippen molar-refractivity contribution in [3.05, 3.63) is 148 Å². The average molecular weight is 1010 g/mol. The first kappa shape index (κ1) is 50.3. The fraction of sp³-hybridized carbons (Fsp3) is 0.360. The maximum absolute atomic E-state index is 14.2. The second-order valence-corrected chi connectivity index (χ2v) is 20.6. The van der Waals surface area contributed by atoms with Gasteiger partial charge in [0.25, 0.3) is 11.8 Å². The molecule has 1 atom stereocenters. The van der Waals surface area contributed by atoms with Crippen molar-refractivity contribution < 1.29 is 45.9 Å². The summed E-state index contributed by atoms with van der Waals surface area (Å²) in [5.41, 5.74) is 1.89. The quantitative estimate of drug-likeness (QED) is 0.0179. The van der Waals surface area contributed by atoms with E-state index < -0.39 is 44.9 Å². The van der Waals surface area contributed by atoms with E-state index in [1.165, 1.54) is 25.2 Å². The van der Waals surface area contributed by atoms with Crippen LogP contribution in [-0.2, 0) is 52.4 Å². The van der Waals surface area contributed by atoms with Gasteiger partial charge in [-0.05, 0) is 81.0 Å². The zero-order chi connectivity index (χ0) is 50.6. The number of thiazole rings is 1. The number of hydrogen-bond donors (Lipinski definition) is 4. The zero-order valence-corrected chi connectivity index (χ0v) is 41.7. The van der Waals surface area contributed by atoms with Crippen LogP contribution < -0.4 is 15.4 Å².